The molecule has 0 spiro atoms. The molecule has 0 saturated carbocycles. The quantitative estimate of drug-likeness (QED) is 0.172. The smallest absolute Gasteiger partial charge is 0.338 e. The molecule has 0 bridgehead atoms. The normalized spacial score (nSPS) is 14.3. The molecule has 1 aliphatic heterocycles. The maximum atomic E-state index is 13.9. The lowest BCUT2D eigenvalue weighted by molar-refractivity contribution is 0.0499. The Morgan fingerprint density at radius 2 is 1.62 bits per heavy atom. The van der Waals surface area contributed by atoms with Crippen molar-refractivity contribution in [1.29, 1.82) is 0 Å². The molecule has 0 radical (unpaired) electrons. The number of carbonyl (C=O) groups is 2. The van der Waals surface area contributed by atoms with Gasteiger partial charge in [-0.3, -0.25) is 14.5 Å². The predicted molar refractivity (Wildman–Crippen MR) is 152 cm³/mol. The fourth-order valence-electron chi connectivity index (χ4n) is 4.89. The van der Waals surface area contributed by atoms with E-state index in [2.05, 4.69) is 0 Å². The third-order valence-electron chi connectivity index (χ3n) is 6.77. The fourth-order valence-corrected chi connectivity index (χ4v) is 4.89. The van der Waals surface area contributed by atoms with E-state index in [1.165, 1.54) is 4.90 Å². The molecular weight excluding hydrogens is 510 g/mol. The lowest BCUT2D eigenvalue weighted by Crippen LogP contribution is -2.29. The highest BCUT2D eigenvalue weighted by Gasteiger charge is 2.44. The number of amides is 1. The number of carbonyl (C=O) groups excluding carboxylic acids is 2. The van der Waals surface area contributed by atoms with Crippen molar-refractivity contribution >= 4 is 28.5 Å². The number of hydrogen-bond acceptors (Lipinski definition) is 7. The Balaban J connectivity index is 1.63. The number of hydrogen-bond donors (Lipinski definition) is 0. The maximum absolute atomic E-state index is 13.9. The van der Waals surface area contributed by atoms with E-state index in [1.54, 1.807) is 60.7 Å². The molecule has 1 unspecified atom stereocenters. The van der Waals surface area contributed by atoms with Crippen LogP contribution in [-0.2, 0) is 4.74 Å². The van der Waals surface area contributed by atoms with Crippen molar-refractivity contribution in [3.8, 4) is 11.5 Å². The summed E-state index contributed by atoms with van der Waals surface area (Å²) in [5, 5.41) is 0.391. The van der Waals surface area contributed by atoms with Crippen molar-refractivity contribution in [2.75, 3.05) is 24.7 Å². The average molecular weight is 542 g/mol. The van der Waals surface area contributed by atoms with Crippen molar-refractivity contribution in [3.63, 3.8) is 0 Å². The molecule has 0 aliphatic carbocycles. The van der Waals surface area contributed by atoms with Gasteiger partial charge in [0.1, 0.15) is 5.58 Å². The number of para-hydroxylation sites is 1. The first-order valence-corrected chi connectivity index (χ1v) is 13.5. The summed E-state index contributed by atoms with van der Waals surface area (Å²) in [4.78, 5) is 41.7. The molecular formula is C32H31NO7. The summed E-state index contributed by atoms with van der Waals surface area (Å²) in [6.45, 7) is 7.00. The first-order chi connectivity index (χ1) is 19.5. The molecule has 1 aliphatic rings. The number of esters is 1. The summed E-state index contributed by atoms with van der Waals surface area (Å²) in [5.74, 6) is 0.193. The van der Waals surface area contributed by atoms with Crippen LogP contribution >= 0.6 is 0 Å². The van der Waals surface area contributed by atoms with Gasteiger partial charge in [0.15, 0.2) is 16.9 Å². The van der Waals surface area contributed by atoms with Crippen molar-refractivity contribution in [3.05, 3.63) is 99.4 Å². The molecule has 8 heteroatoms. The van der Waals surface area contributed by atoms with Crippen LogP contribution in [0, 0.1) is 0 Å². The van der Waals surface area contributed by atoms with E-state index in [4.69, 9.17) is 18.6 Å². The van der Waals surface area contributed by atoms with Gasteiger partial charge >= 0.3 is 5.97 Å². The van der Waals surface area contributed by atoms with Crippen molar-refractivity contribution < 1.29 is 28.2 Å². The van der Waals surface area contributed by atoms with Crippen LogP contribution in [0.1, 0.15) is 71.7 Å². The van der Waals surface area contributed by atoms with Crippen molar-refractivity contribution in [1.82, 2.24) is 0 Å². The molecule has 40 heavy (non-hydrogen) atoms. The number of nitrogens with zero attached hydrogens (tertiary/aromatic N) is 1. The van der Waals surface area contributed by atoms with Crippen LogP contribution in [0.5, 0.6) is 11.5 Å². The van der Waals surface area contributed by atoms with Gasteiger partial charge in [0.25, 0.3) is 5.91 Å². The predicted octanol–water partition coefficient (Wildman–Crippen LogP) is 6.30. The third-order valence-corrected chi connectivity index (χ3v) is 6.77. The minimum absolute atomic E-state index is 0.0106. The molecule has 1 atom stereocenters. The lowest BCUT2D eigenvalue weighted by atomic mass is 9.97. The Bertz CT molecular complexity index is 1610. The van der Waals surface area contributed by atoms with E-state index in [1.807, 2.05) is 26.8 Å². The van der Waals surface area contributed by atoms with E-state index >= 15 is 0 Å². The van der Waals surface area contributed by atoms with Gasteiger partial charge < -0.3 is 18.6 Å². The summed E-state index contributed by atoms with van der Waals surface area (Å²) in [6.07, 6.45) is 1.71. The van der Waals surface area contributed by atoms with Gasteiger partial charge in [-0.15, -0.1) is 0 Å². The van der Waals surface area contributed by atoms with Crippen LogP contribution in [0.15, 0.2) is 75.9 Å². The van der Waals surface area contributed by atoms with Crippen LogP contribution in [0.3, 0.4) is 0 Å². The molecule has 8 nitrogen and oxygen atoms in total. The van der Waals surface area contributed by atoms with E-state index in [0.29, 0.717) is 59.1 Å². The summed E-state index contributed by atoms with van der Waals surface area (Å²) in [7, 11) is 0. The van der Waals surface area contributed by atoms with Crippen LogP contribution in [0.25, 0.3) is 11.0 Å². The summed E-state index contributed by atoms with van der Waals surface area (Å²) in [5.41, 5.74) is 1.85. The molecule has 206 valence electrons. The van der Waals surface area contributed by atoms with Gasteiger partial charge in [-0.25, -0.2) is 4.79 Å². The molecule has 1 aromatic heterocycles. The van der Waals surface area contributed by atoms with Gasteiger partial charge in [0.2, 0.25) is 5.76 Å². The molecule has 0 saturated heterocycles. The largest absolute Gasteiger partial charge is 0.490 e. The SMILES string of the molecule is CCCCOC(=O)c1ccc(N2C(=O)c3oc4ccccc4c(=O)c3C2c2ccc(OCC)c(OCC)c2)cc1. The zero-order valence-electron chi connectivity index (χ0n) is 22.8. The highest BCUT2D eigenvalue weighted by molar-refractivity contribution is 6.10. The molecule has 2 heterocycles. The fraction of sp³-hybridized carbons (Fsp3) is 0.281. The molecule has 0 N–H and O–H groups in total. The van der Waals surface area contributed by atoms with Crippen LogP contribution < -0.4 is 19.8 Å². The van der Waals surface area contributed by atoms with Crippen molar-refractivity contribution in [2.24, 2.45) is 0 Å². The topological polar surface area (TPSA) is 95.3 Å². The second kappa shape index (κ2) is 11.7. The molecule has 1 amide bonds. The highest BCUT2D eigenvalue weighted by atomic mass is 16.5. The first kappa shape index (κ1) is 27.0. The molecule has 0 fully saturated rings. The van der Waals surface area contributed by atoms with Crippen LogP contribution in [0.2, 0.25) is 0 Å². The minimum atomic E-state index is -0.791. The molecule has 3 aromatic carbocycles. The lowest BCUT2D eigenvalue weighted by Gasteiger charge is -2.26. The van der Waals surface area contributed by atoms with Crippen LogP contribution in [-0.4, -0.2) is 31.7 Å². The number of ether oxygens (including phenoxy) is 3. The summed E-state index contributed by atoms with van der Waals surface area (Å²) < 4.78 is 22.9. The van der Waals surface area contributed by atoms with E-state index in [-0.39, 0.29) is 16.8 Å². The van der Waals surface area contributed by atoms with Gasteiger partial charge in [-0.1, -0.05) is 31.5 Å². The average Bonchev–Trinajstić information content (AvgIpc) is 3.26. The maximum Gasteiger partial charge on any atom is 0.338 e. The number of benzene rings is 3. The molecule has 4 aromatic rings. The number of rotatable bonds is 10. The van der Waals surface area contributed by atoms with Gasteiger partial charge in [-0.2, -0.15) is 0 Å². The zero-order chi connectivity index (χ0) is 28.2. The van der Waals surface area contributed by atoms with E-state index in [9.17, 15) is 14.4 Å². The van der Waals surface area contributed by atoms with Crippen LogP contribution in [0.4, 0.5) is 5.69 Å². The highest BCUT2D eigenvalue weighted by Crippen LogP contribution is 2.43. The van der Waals surface area contributed by atoms with Gasteiger partial charge in [0.05, 0.1) is 42.4 Å². The van der Waals surface area contributed by atoms with Gasteiger partial charge in [0, 0.05) is 5.69 Å². The molecule has 5 rings (SSSR count). The van der Waals surface area contributed by atoms with Gasteiger partial charge in [-0.05, 0) is 74.4 Å². The Kier molecular flexibility index (Phi) is 7.86. The Morgan fingerprint density at radius 1 is 0.900 bits per heavy atom. The third kappa shape index (κ3) is 4.93. The van der Waals surface area contributed by atoms with E-state index in [0.717, 1.165) is 12.8 Å². The second-order valence-electron chi connectivity index (χ2n) is 9.36. The monoisotopic (exact) mass is 541 g/mol. The first-order valence-electron chi connectivity index (χ1n) is 13.5. The van der Waals surface area contributed by atoms with Crippen molar-refractivity contribution in [2.45, 2.75) is 39.7 Å². The standard InChI is InChI=1S/C32H31NO7/c1-4-7-18-39-32(36)20-12-15-22(16-13-20)33-28(21-14-17-25(37-5-2)26(19-21)38-6-3)27-29(34)23-10-8-9-11-24(23)40-30(27)31(33)35/h8-17,19,28H,4-7,18H2,1-3H3. The Labute approximate surface area is 232 Å². The zero-order valence-corrected chi connectivity index (χ0v) is 22.8. The number of anilines is 1. The number of fused-ring (bicyclic) bond motifs is 2. The summed E-state index contributed by atoms with van der Waals surface area (Å²) in [6, 6.07) is 18.1. The Morgan fingerprint density at radius 3 is 2.35 bits per heavy atom. The minimum Gasteiger partial charge on any atom is -0.490 e. The number of unbranched alkanes of at least 4 members (excludes halogenated alkanes) is 1. The summed E-state index contributed by atoms with van der Waals surface area (Å²) >= 11 is 0. The Hall–Kier alpha value is -4.59. The van der Waals surface area contributed by atoms with E-state index < -0.39 is 17.9 Å². The second-order valence-corrected chi connectivity index (χ2v) is 9.36.